The number of aromatic hydroxyl groups is 2. The molecule has 0 saturated carbocycles. The normalized spacial score (nSPS) is 13.1. The molecule has 0 aromatic heterocycles. The van der Waals surface area contributed by atoms with E-state index in [1.165, 1.54) is 12.1 Å². The minimum Gasteiger partial charge on any atom is -0.508 e. The molecule has 0 aliphatic rings. The average Bonchev–Trinajstić information content (AvgIpc) is 2.67. The summed E-state index contributed by atoms with van der Waals surface area (Å²) in [5.41, 5.74) is 4.63. The highest BCUT2D eigenvalue weighted by atomic mass is 28.4. The van der Waals surface area contributed by atoms with Crippen molar-refractivity contribution in [2.45, 2.75) is 98.4 Å². The standard InChI is InChI=1S/C28H42O5Si/c1-16(2)34(17(3)4,18(5)6)33-22(10)13-23-14-24(29)15-25(30)26(23)28(31)32-27-20(8)11-19(7)12-21(27)9/h11-12,14-18,22,29-30H,13H2,1-10H3/t22-/m0/s1. The van der Waals surface area contributed by atoms with Crippen molar-refractivity contribution in [3.8, 4) is 17.2 Å². The van der Waals surface area contributed by atoms with E-state index in [1.807, 2.05) is 39.8 Å². The van der Waals surface area contributed by atoms with Gasteiger partial charge in [-0.25, -0.2) is 4.79 Å². The third-order valence-electron chi connectivity index (χ3n) is 6.81. The van der Waals surface area contributed by atoms with Gasteiger partial charge in [-0.3, -0.25) is 0 Å². The molecule has 2 aromatic carbocycles. The maximum Gasteiger partial charge on any atom is 0.347 e. The number of ether oxygens (including phenoxy) is 1. The number of phenolic OH excluding ortho intramolecular Hbond substituents is 2. The first kappa shape index (κ1) is 27.9. The first-order valence-corrected chi connectivity index (χ1v) is 14.4. The summed E-state index contributed by atoms with van der Waals surface area (Å²) in [4.78, 5) is 13.3. The lowest BCUT2D eigenvalue weighted by Crippen LogP contribution is -2.50. The van der Waals surface area contributed by atoms with Crippen molar-refractivity contribution in [3.05, 3.63) is 52.1 Å². The zero-order valence-electron chi connectivity index (χ0n) is 22.4. The van der Waals surface area contributed by atoms with E-state index in [4.69, 9.17) is 9.16 Å². The van der Waals surface area contributed by atoms with Gasteiger partial charge < -0.3 is 19.4 Å². The minimum absolute atomic E-state index is 0.0681. The summed E-state index contributed by atoms with van der Waals surface area (Å²) in [6, 6.07) is 6.61. The highest BCUT2D eigenvalue weighted by molar-refractivity contribution is 6.77. The van der Waals surface area contributed by atoms with Crippen LogP contribution in [0.5, 0.6) is 17.2 Å². The SMILES string of the molecule is Cc1cc(C)c(OC(=O)c2c(O)cc(O)cc2C[C@H](C)O[Si](C(C)C)(C(C)C)C(C)C)c(C)c1. The number of benzene rings is 2. The first-order valence-electron chi connectivity index (χ1n) is 12.2. The predicted octanol–water partition coefficient (Wildman–Crippen LogP) is 7.37. The van der Waals surface area contributed by atoms with Crippen LogP contribution in [0, 0.1) is 20.8 Å². The zero-order chi connectivity index (χ0) is 26.0. The third kappa shape index (κ3) is 5.84. The summed E-state index contributed by atoms with van der Waals surface area (Å²) in [6.45, 7) is 21.2. The molecular formula is C28H42O5Si. The van der Waals surface area contributed by atoms with Crippen molar-refractivity contribution in [1.29, 1.82) is 0 Å². The van der Waals surface area contributed by atoms with Crippen molar-refractivity contribution in [2.75, 3.05) is 0 Å². The van der Waals surface area contributed by atoms with Gasteiger partial charge in [0.1, 0.15) is 22.8 Å². The van der Waals surface area contributed by atoms with E-state index in [-0.39, 0.29) is 23.2 Å². The van der Waals surface area contributed by atoms with Crippen molar-refractivity contribution >= 4 is 14.3 Å². The van der Waals surface area contributed by atoms with E-state index >= 15 is 0 Å². The molecule has 188 valence electrons. The van der Waals surface area contributed by atoms with E-state index in [1.54, 1.807) is 0 Å². The summed E-state index contributed by atoms with van der Waals surface area (Å²) in [6.07, 6.45) is 0.175. The van der Waals surface area contributed by atoms with Gasteiger partial charge in [0, 0.05) is 12.2 Å². The molecule has 2 aromatic rings. The fourth-order valence-corrected chi connectivity index (χ4v) is 11.2. The lowest BCUT2D eigenvalue weighted by atomic mass is 10.0. The van der Waals surface area contributed by atoms with Crippen LogP contribution in [0.2, 0.25) is 16.6 Å². The van der Waals surface area contributed by atoms with Crippen LogP contribution in [0.4, 0.5) is 0 Å². The van der Waals surface area contributed by atoms with Crippen molar-refractivity contribution < 1.29 is 24.2 Å². The van der Waals surface area contributed by atoms with Crippen LogP contribution in [0.3, 0.4) is 0 Å². The molecule has 34 heavy (non-hydrogen) atoms. The Morgan fingerprint density at radius 2 is 1.35 bits per heavy atom. The minimum atomic E-state index is -2.14. The molecule has 2 rings (SSSR count). The molecule has 1 atom stereocenters. The van der Waals surface area contributed by atoms with Crippen LogP contribution in [-0.2, 0) is 10.8 Å². The lowest BCUT2D eigenvalue weighted by molar-refractivity contribution is 0.0727. The monoisotopic (exact) mass is 486 g/mol. The summed E-state index contributed by atoms with van der Waals surface area (Å²) >= 11 is 0. The van der Waals surface area contributed by atoms with Gasteiger partial charge >= 0.3 is 5.97 Å². The molecule has 2 N–H and O–H groups in total. The van der Waals surface area contributed by atoms with E-state index < -0.39 is 14.3 Å². The van der Waals surface area contributed by atoms with Crippen molar-refractivity contribution in [1.82, 2.24) is 0 Å². The molecule has 0 fully saturated rings. The molecule has 6 heteroatoms. The van der Waals surface area contributed by atoms with Gasteiger partial charge in [-0.15, -0.1) is 0 Å². The molecule has 0 aliphatic carbocycles. The van der Waals surface area contributed by atoms with Crippen LogP contribution in [0.15, 0.2) is 24.3 Å². The molecule has 0 radical (unpaired) electrons. The highest BCUT2D eigenvalue weighted by Gasteiger charge is 2.46. The molecule has 0 spiro atoms. The highest BCUT2D eigenvalue weighted by Crippen LogP contribution is 2.43. The van der Waals surface area contributed by atoms with Gasteiger partial charge in [0.15, 0.2) is 0 Å². The molecule has 0 bridgehead atoms. The Kier molecular flexibility index (Phi) is 9.00. The largest absolute Gasteiger partial charge is 0.508 e. The fourth-order valence-electron chi connectivity index (χ4n) is 5.65. The summed E-state index contributed by atoms with van der Waals surface area (Å²) in [7, 11) is -2.14. The zero-order valence-corrected chi connectivity index (χ0v) is 23.4. The number of carbonyl (C=O) groups excluding carboxylic acids is 1. The predicted molar refractivity (Wildman–Crippen MR) is 141 cm³/mol. The number of aryl methyl sites for hydroxylation is 3. The van der Waals surface area contributed by atoms with E-state index in [9.17, 15) is 15.0 Å². The Hall–Kier alpha value is -2.31. The molecule has 0 saturated heterocycles. The molecule has 0 amide bonds. The molecule has 0 unspecified atom stereocenters. The topological polar surface area (TPSA) is 76.0 Å². The summed E-state index contributed by atoms with van der Waals surface area (Å²) in [5, 5.41) is 20.8. The van der Waals surface area contributed by atoms with Crippen LogP contribution in [-0.4, -0.2) is 30.6 Å². The molecule has 0 heterocycles. The molecule has 0 aliphatic heterocycles. The Balaban J connectivity index is 2.42. The van der Waals surface area contributed by atoms with Gasteiger partial charge in [-0.2, -0.15) is 0 Å². The maximum atomic E-state index is 13.3. The van der Waals surface area contributed by atoms with Crippen molar-refractivity contribution in [2.24, 2.45) is 0 Å². The van der Waals surface area contributed by atoms with Gasteiger partial charge in [-0.1, -0.05) is 59.2 Å². The van der Waals surface area contributed by atoms with Crippen molar-refractivity contribution in [3.63, 3.8) is 0 Å². The number of hydrogen-bond donors (Lipinski definition) is 2. The fraction of sp³-hybridized carbons (Fsp3) is 0.536. The number of carbonyl (C=O) groups is 1. The van der Waals surface area contributed by atoms with Gasteiger partial charge in [0.05, 0.1) is 0 Å². The van der Waals surface area contributed by atoms with Crippen LogP contribution in [0.25, 0.3) is 0 Å². The number of phenols is 2. The second kappa shape index (κ2) is 11.0. The van der Waals surface area contributed by atoms with E-state index in [0.717, 1.165) is 16.7 Å². The van der Waals surface area contributed by atoms with Gasteiger partial charge in [-0.05, 0) is 73.5 Å². The lowest BCUT2D eigenvalue weighted by Gasteiger charge is -2.44. The van der Waals surface area contributed by atoms with Crippen LogP contribution >= 0.6 is 0 Å². The van der Waals surface area contributed by atoms with Crippen LogP contribution < -0.4 is 4.74 Å². The smallest absolute Gasteiger partial charge is 0.347 e. The van der Waals surface area contributed by atoms with Gasteiger partial charge in [0.25, 0.3) is 0 Å². The maximum absolute atomic E-state index is 13.3. The quantitative estimate of drug-likeness (QED) is 0.220. The number of hydrogen-bond acceptors (Lipinski definition) is 5. The Morgan fingerprint density at radius 1 is 0.853 bits per heavy atom. The number of esters is 1. The number of rotatable bonds is 9. The summed E-state index contributed by atoms with van der Waals surface area (Å²) < 4.78 is 12.6. The molecular weight excluding hydrogens is 444 g/mol. The second-order valence-corrected chi connectivity index (χ2v) is 16.0. The van der Waals surface area contributed by atoms with E-state index in [2.05, 4.69) is 41.5 Å². The Labute approximate surface area is 206 Å². The third-order valence-corrected chi connectivity index (χ3v) is 13.0. The van der Waals surface area contributed by atoms with Gasteiger partial charge in [0.2, 0.25) is 8.32 Å². The van der Waals surface area contributed by atoms with E-state index in [0.29, 0.717) is 34.4 Å². The Bertz CT molecular complexity index is 981. The van der Waals surface area contributed by atoms with Crippen LogP contribution in [0.1, 0.15) is 81.1 Å². The first-order chi connectivity index (χ1) is 15.7. The molecule has 5 nitrogen and oxygen atoms in total. The second-order valence-electron chi connectivity index (χ2n) is 10.6. The Morgan fingerprint density at radius 3 is 1.82 bits per heavy atom. The summed E-state index contributed by atoms with van der Waals surface area (Å²) in [5.74, 6) is -0.548. The average molecular weight is 487 g/mol.